The highest BCUT2D eigenvalue weighted by molar-refractivity contribution is 7.89. The number of benzene rings is 1. The first-order valence-electron chi connectivity index (χ1n) is 10.3. The average molecular weight is 500 g/mol. The molecule has 0 saturated carbocycles. The number of amides is 2. The minimum Gasteiger partial charge on any atom is -0.357 e. The Morgan fingerprint density at radius 1 is 1.09 bits per heavy atom. The van der Waals surface area contributed by atoms with E-state index in [9.17, 15) is 31.2 Å². The number of carbonyl (C=O) groups is 2. The Kier molecular flexibility index (Phi) is 7.46. The Hall–Kier alpha value is -3.19. The zero-order valence-corrected chi connectivity index (χ0v) is 19.3. The number of hydrazine groups is 1. The van der Waals surface area contributed by atoms with Gasteiger partial charge in [-0.15, -0.1) is 0 Å². The van der Waals surface area contributed by atoms with Crippen molar-refractivity contribution in [2.45, 2.75) is 23.9 Å². The van der Waals surface area contributed by atoms with Crippen LogP contribution in [0.15, 0.2) is 47.5 Å². The van der Waals surface area contributed by atoms with Gasteiger partial charge in [-0.2, -0.15) is 13.2 Å². The van der Waals surface area contributed by atoms with Crippen LogP contribution in [0.2, 0.25) is 0 Å². The maximum atomic E-state index is 12.7. The number of nitrogens with one attached hydrogen (secondary N) is 2. The summed E-state index contributed by atoms with van der Waals surface area (Å²) in [6, 6.07) is 7.70. The molecule has 0 aliphatic carbocycles. The van der Waals surface area contributed by atoms with Crippen molar-refractivity contribution in [1.29, 1.82) is 0 Å². The number of hydrogen-bond acceptors (Lipinski definition) is 6. The standard InChI is InChI=1S/C21H24F3N5O4S/c1-28(2)34(32,33)17-5-3-4-15(12-17)20(31)27-26-19(30)14-8-10-29(11-9-14)18-7-6-16(13-25-18)21(22,23)24/h3-7,12-14H,8-11H2,1-2H3,(H,26,30)(H,27,31). The smallest absolute Gasteiger partial charge is 0.357 e. The summed E-state index contributed by atoms with van der Waals surface area (Å²) in [7, 11) is -0.966. The summed E-state index contributed by atoms with van der Waals surface area (Å²) in [5.74, 6) is -1.10. The highest BCUT2D eigenvalue weighted by Crippen LogP contribution is 2.30. The summed E-state index contributed by atoms with van der Waals surface area (Å²) in [5.41, 5.74) is 3.87. The molecule has 1 aromatic heterocycles. The van der Waals surface area contributed by atoms with Crippen molar-refractivity contribution in [3.05, 3.63) is 53.7 Å². The van der Waals surface area contributed by atoms with E-state index in [0.29, 0.717) is 31.7 Å². The van der Waals surface area contributed by atoms with E-state index in [1.165, 1.54) is 44.4 Å². The second-order valence-corrected chi connectivity index (χ2v) is 10.1. The Labute approximate surface area is 195 Å². The van der Waals surface area contributed by atoms with E-state index >= 15 is 0 Å². The van der Waals surface area contributed by atoms with Gasteiger partial charge in [0.1, 0.15) is 5.82 Å². The Balaban J connectivity index is 1.52. The normalized spacial score (nSPS) is 15.3. The summed E-state index contributed by atoms with van der Waals surface area (Å²) in [6.45, 7) is 0.823. The third-order valence-electron chi connectivity index (χ3n) is 5.44. The number of halogens is 3. The lowest BCUT2D eigenvalue weighted by Gasteiger charge is -2.32. The van der Waals surface area contributed by atoms with Gasteiger partial charge in [-0.25, -0.2) is 17.7 Å². The fraction of sp³-hybridized carbons (Fsp3) is 0.381. The van der Waals surface area contributed by atoms with Gasteiger partial charge in [0.2, 0.25) is 15.9 Å². The molecule has 1 saturated heterocycles. The molecule has 1 aliphatic rings. The molecule has 0 unspecified atom stereocenters. The molecule has 1 aliphatic heterocycles. The molecule has 0 radical (unpaired) electrons. The number of sulfonamides is 1. The molecule has 2 N–H and O–H groups in total. The average Bonchev–Trinajstić information content (AvgIpc) is 2.82. The van der Waals surface area contributed by atoms with Gasteiger partial charge < -0.3 is 4.90 Å². The van der Waals surface area contributed by atoms with E-state index < -0.39 is 39.5 Å². The van der Waals surface area contributed by atoms with Crippen LogP contribution in [0.5, 0.6) is 0 Å². The lowest BCUT2D eigenvalue weighted by Crippen LogP contribution is -2.47. The van der Waals surface area contributed by atoms with Crippen molar-refractivity contribution in [3.63, 3.8) is 0 Å². The van der Waals surface area contributed by atoms with Crippen LogP contribution in [-0.4, -0.2) is 56.7 Å². The molecule has 3 rings (SSSR count). The SMILES string of the molecule is CN(C)S(=O)(=O)c1cccc(C(=O)NNC(=O)C2CCN(c3ccc(C(F)(F)F)cn3)CC2)c1. The van der Waals surface area contributed by atoms with Crippen LogP contribution < -0.4 is 15.8 Å². The molecule has 184 valence electrons. The maximum Gasteiger partial charge on any atom is 0.417 e. The van der Waals surface area contributed by atoms with Crippen LogP contribution in [0.25, 0.3) is 0 Å². The number of alkyl halides is 3. The lowest BCUT2D eigenvalue weighted by atomic mass is 9.96. The van der Waals surface area contributed by atoms with Crippen molar-refractivity contribution < 1.29 is 31.2 Å². The van der Waals surface area contributed by atoms with E-state index in [-0.39, 0.29) is 10.5 Å². The summed E-state index contributed by atoms with van der Waals surface area (Å²) in [6.07, 6.45) is -2.84. The summed E-state index contributed by atoms with van der Waals surface area (Å²) < 4.78 is 63.6. The van der Waals surface area contributed by atoms with Gasteiger partial charge in [-0.05, 0) is 43.2 Å². The van der Waals surface area contributed by atoms with E-state index in [4.69, 9.17) is 0 Å². The molecule has 2 amide bonds. The van der Waals surface area contributed by atoms with Crippen LogP contribution in [0.4, 0.5) is 19.0 Å². The first-order valence-corrected chi connectivity index (χ1v) is 11.7. The van der Waals surface area contributed by atoms with E-state index in [2.05, 4.69) is 15.8 Å². The van der Waals surface area contributed by atoms with E-state index in [1.54, 1.807) is 4.90 Å². The van der Waals surface area contributed by atoms with Gasteiger partial charge in [-0.1, -0.05) is 6.07 Å². The lowest BCUT2D eigenvalue weighted by molar-refractivity contribution is -0.137. The van der Waals surface area contributed by atoms with Crippen molar-refractivity contribution in [1.82, 2.24) is 20.1 Å². The van der Waals surface area contributed by atoms with Gasteiger partial charge in [0, 0.05) is 44.9 Å². The minimum absolute atomic E-state index is 0.0549. The number of nitrogens with zero attached hydrogens (tertiary/aromatic N) is 3. The van der Waals surface area contributed by atoms with Gasteiger partial charge in [0.15, 0.2) is 0 Å². The molecule has 1 fully saturated rings. The number of aromatic nitrogens is 1. The molecule has 9 nitrogen and oxygen atoms in total. The molecule has 0 atom stereocenters. The van der Waals surface area contributed by atoms with Crippen LogP contribution in [0.3, 0.4) is 0 Å². The number of pyridine rings is 1. The molecular formula is C21H24F3N5O4S. The number of carbonyl (C=O) groups excluding carboxylic acids is 2. The molecule has 34 heavy (non-hydrogen) atoms. The molecule has 13 heteroatoms. The van der Waals surface area contributed by atoms with Gasteiger partial charge in [0.05, 0.1) is 10.5 Å². The van der Waals surface area contributed by atoms with E-state index in [1.807, 2.05) is 0 Å². The van der Waals surface area contributed by atoms with Crippen molar-refractivity contribution in [2.75, 3.05) is 32.1 Å². The number of hydrogen-bond donors (Lipinski definition) is 2. The van der Waals surface area contributed by atoms with Crippen LogP contribution in [0, 0.1) is 5.92 Å². The van der Waals surface area contributed by atoms with Gasteiger partial charge in [0.25, 0.3) is 5.91 Å². The first-order chi connectivity index (χ1) is 15.9. The zero-order chi connectivity index (χ0) is 25.1. The molecular weight excluding hydrogens is 475 g/mol. The predicted octanol–water partition coefficient (Wildman–Crippen LogP) is 2.03. The highest BCUT2D eigenvalue weighted by atomic mass is 32.2. The van der Waals surface area contributed by atoms with Crippen LogP contribution >= 0.6 is 0 Å². The summed E-state index contributed by atoms with van der Waals surface area (Å²) >= 11 is 0. The minimum atomic E-state index is -4.46. The Bertz CT molecular complexity index is 1150. The third kappa shape index (κ3) is 5.83. The third-order valence-corrected chi connectivity index (χ3v) is 7.25. The van der Waals surface area contributed by atoms with Gasteiger partial charge in [-0.3, -0.25) is 20.4 Å². The monoisotopic (exact) mass is 499 g/mol. The Morgan fingerprint density at radius 2 is 1.76 bits per heavy atom. The van der Waals surface area contributed by atoms with Crippen LogP contribution in [-0.2, 0) is 21.0 Å². The highest BCUT2D eigenvalue weighted by Gasteiger charge is 2.31. The molecule has 2 aromatic rings. The fourth-order valence-electron chi connectivity index (χ4n) is 3.41. The van der Waals surface area contributed by atoms with Crippen LogP contribution in [0.1, 0.15) is 28.8 Å². The van der Waals surface area contributed by atoms with Crippen molar-refractivity contribution in [2.24, 2.45) is 5.92 Å². The first kappa shape index (κ1) is 25.4. The van der Waals surface area contributed by atoms with E-state index in [0.717, 1.165) is 16.6 Å². The Morgan fingerprint density at radius 3 is 2.32 bits per heavy atom. The number of rotatable bonds is 5. The summed E-state index contributed by atoms with van der Waals surface area (Å²) in [4.78, 5) is 30.5. The fourth-order valence-corrected chi connectivity index (χ4v) is 4.36. The quantitative estimate of drug-likeness (QED) is 0.609. The maximum absolute atomic E-state index is 12.7. The molecule has 1 aromatic carbocycles. The summed E-state index contributed by atoms with van der Waals surface area (Å²) in [5, 5.41) is 0. The van der Waals surface area contributed by atoms with Crippen molar-refractivity contribution >= 4 is 27.7 Å². The zero-order valence-electron chi connectivity index (χ0n) is 18.5. The van der Waals surface area contributed by atoms with Crippen molar-refractivity contribution in [3.8, 4) is 0 Å². The molecule has 0 spiro atoms. The largest absolute Gasteiger partial charge is 0.417 e. The van der Waals surface area contributed by atoms with Gasteiger partial charge >= 0.3 is 6.18 Å². The number of anilines is 1. The second-order valence-electron chi connectivity index (χ2n) is 7.92. The molecule has 2 heterocycles. The second kappa shape index (κ2) is 9.97. The topological polar surface area (TPSA) is 112 Å². The predicted molar refractivity (Wildman–Crippen MR) is 117 cm³/mol. The molecule has 0 bridgehead atoms. The number of piperidine rings is 1.